The summed E-state index contributed by atoms with van der Waals surface area (Å²) in [6, 6.07) is 6.52. The molecule has 0 atom stereocenters. The second kappa shape index (κ2) is 3.18. The Morgan fingerprint density at radius 3 is 3.00 bits per heavy atom. The molecule has 0 spiro atoms. The molecule has 1 radical (unpaired) electrons. The highest BCUT2D eigenvalue weighted by Crippen LogP contribution is 2.16. The maximum absolute atomic E-state index is 5.95. The second-order valence-electron chi connectivity index (χ2n) is 2.59. The molecule has 0 aliphatic carbocycles. The van der Waals surface area contributed by atoms with E-state index in [4.69, 9.17) is 11.6 Å². The smallest absolute Gasteiger partial charge is 0.172 e. The monoisotopic (exact) mass is 192 g/mol. The van der Waals surface area contributed by atoms with E-state index in [1.54, 1.807) is 29.2 Å². The molecule has 2 aromatic heterocycles. The van der Waals surface area contributed by atoms with Crippen LogP contribution in [0.4, 0.5) is 0 Å². The Balaban J connectivity index is 2.59. The van der Waals surface area contributed by atoms with Crippen molar-refractivity contribution in [3.05, 3.63) is 41.3 Å². The van der Waals surface area contributed by atoms with Gasteiger partial charge in [0, 0.05) is 12.3 Å². The first-order chi connectivity index (χ1) is 6.29. The van der Waals surface area contributed by atoms with E-state index in [1.807, 2.05) is 6.92 Å². The maximum atomic E-state index is 5.95. The van der Waals surface area contributed by atoms with Crippen molar-refractivity contribution in [1.82, 2.24) is 14.8 Å². The zero-order valence-electron chi connectivity index (χ0n) is 7.03. The molecule has 0 saturated heterocycles. The highest BCUT2D eigenvalue weighted by atomic mass is 35.5. The normalized spacial score (nSPS) is 10.3. The fraction of sp³-hybridized carbons (Fsp3) is 0.111. The van der Waals surface area contributed by atoms with E-state index >= 15 is 0 Å². The molecule has 2 rings (SSSR count). The summed E-state index contributed by atoms with van der Waals surface area (Å²) >= 11 is 5.95. The predicted molar refractivity (Wildman–Crippen MR) is 49.9 cm³/mol. The van der Waals surface area contributed by atoms with Gasteiger partial charge in [-0.05, 0) is 19.1 Å². The van der Waals surface area contributed by atoms with Crippen LogP contribution in [0, 0.1) is 13.0 Å². The van der Waals surface area contributed by atoms with Crippen molar-refractivity contribution in [3.63, 3.8) is 0 Å². The van der Waals surface area contributed by atoms with E-state index < -0.39 is 0 Å². The van der Waals surface area contributed by atoms with Crippen molar-refractivity contribution < 1.29 is 0 Å². The van der Waals surface area contributed by atoms with Crippen LogP contribution in [-0.4, -0.2) is 14.8 Å². The van der Waals surface area contributed by atoms with Crippen molar-refractivity contribution in [2.75, 3.05) is 0 Å². The summed E-state index contributed by atoms with van der Waals surface area (Å²) in [5.74, 6) is 0.642. The largest absolute Gasteiger partial charge is 0.236 e. The minimum atomic E-state index is 0.586. The molecule has 3 nitrogen and oxygen atoms in total. The summed E-state index contributed by atoms with van der Waals surface area (Å²) in [4.78, 5) is 4.13. The Bertz CT molecular complexity index is 422. The van der Waals surface area contributed by atoms with Crippen molar-refractivity contribution in [1.29, 1.82) is 0 Å². The van der Waals surface area contributed by atoms with Gasteiger partial charge in [-0.3, -0.25) is 0 Å². The van der Waals surface area contributed by atoms with Crippen LogP contribution < -0.4 is 0 Å². The first-order valence-electron chi connectivity index (χ1n) is 3.82. The van der Waals surface area contributed by atoms with E-state index in [2.05, 4.69) is 16.1 Å². The molecule has 0 aliphatic rings. The number of pyridine rings is 1. The summed E-state index contributed by atoms with van der Waals surface area (Å²) in [6.07, 6.45) is 3.28. The highest BCUT2D eigenvalue weighted by molar-refractivity contribution is 6.32. The zero-order chi connectivity index (χ0) is 9.26. The van der Waals surface area contributed by atoms with Crippen LogP contribution in [0.1, 0.15) is 5.69 Å². The van der Waals surface area contributed by atoms with Gasteiger partial charge in [0.1, 0.15) is 0 Å². The van der Waals surface area contributed by atoms with E-state index in [9.17, 15) is 0 Å². The van der Waals surface area contributed by atoms with Crippen LogP contribution in [-0.2, 0) is 0 Å². The molecule has 0 N–H and O–H groups in total. The molecule has 0 saturated carbocycles. The molecule has 0 amide bonds. The molecule has 65 valence electrons. The molecule has 0 aliphatic heterocycles. The number of nitrogens with zero attached hydrogens (tertiary/aromatic N) is 3. The van der Waals surface area contributed by atoms with Gasteiger partial charge in [0.15, 0.2) is 5.82 Å². The van der Waals surface area contributed by atoms with Crippen molar-refractivity contribution in [2.45, 2.75) is 6.92 Å². The lowest BCUT2D eigenvalue weighted by Crippen LogP contribution is -2.01. The van der Waals surface area contributed by atoms with Crippen LogP contribution >= 0.6 is 11.6 Å². The van der Waals surface area contributed by atoms with Gasteiger partial charge in [-0.15, -0.1) is 0 Å². The first-order valence-corrected chi connectivity index (χ1v) is 4.20. The first kappa shape index (κ1) is 8.26. The Kier molecular flexibility index (Phi) is 2.02. The van der Waals surface area contributed by atoms with E-state index in [1.165, 1.54) is 0 Å². The van der Waals surface area contributed by atoms with Gasteiger partial charge in [0.05, 0.1) is 16.9 Å². The Morgan fingerprint density at radius 1 is 1.54 bits per heavy atom. The molecule has 2 aromatic rings. The molecular formula is C9H7ClN3. The summed E-state index contributed by atoms with van der Waals surface area (Å²) in [6.45, 7) is 1.90. The minimum absolute atomic E-state index is 0.586. The molecule has 0 bridgehead atoms. The number of hydrogen-bond acceptors (Lipinski definition) is 2. The third-order valence-corrected chi connectivity index (χ3v) is 2.00. The van der Waals surface area contributed by atoms with Crippen molar-refractivity contribution in [2.24, 2.45) is 0 Å². The van der Waals surface area contributed by atoms with Crippen molar-refractivity contribution >= 4 is 11.6 Å². The molecule has 2 heterocycles. The molecule has 0 fully saturated rings. The fourth-order valence-corrected chi connectivity index (χ4v) is 1.28. The van der Waals surface area contributed by atoms with Gasteiger partial charge in [-0.25, -0.2) is 9.67 Å². The van der Waals surface area contributed by atoms with Gasteiger partial charge >= 0.3 is 0 Å². The Morgan fingerprint density at radius 2 is 2.38 bits per heavy atom. The van der Waals surface area contributed by atoms with Gasteiger partial charge in [0.25, 0.3) is 0 Å². The number of aryl methyl sites for hydroxylation is 1. The van der Waals surface area contributed by atoms with Crippen molar-refractivity contribution in [3.8, 4) is 5.82 Å². The SMILES string of the molecule is Cc1[c]cnn1-c1ncccc1Cl. The summed E-state index contributed by atoms with van der Waals surface area (Å²) in [5, 5.41) is 4.65. The molecule has 13 heavy (non-hydrogen) atoms. The average molecular weight is 193 g/mol. The third-order valence-electron chi connectivity index (χ3n) is 1.70. The van der Waals surface area contributed by atoms with Gasteiger partial charge in [-0.2, -0.15) is 5.10 Å². The predicted octanol–water partition coefficient (Wildman–Crippen LogP) is 2.03. The molecule has 4 heteroatoms. The van der Waals surface area contributed by atoms with Gasteiger partial charge < -0.3 is 0 Å². The summed E-state index contributed by atoms with van der Waals surface area (Å²) < 4.78 is 1.66. The summed E-state index contributed by atoms with van der Waals surface area (Å²) in [7, 11) is 0. The Hall–Kier alpha value is -1.35. The fourth-order valence-electron chi connectivity index (χ4n) is 1.07. The van der Waals surface area contributed by atoms with Crippen LogP contribution in [0.3, 0.4) is 0 Å². The third kappa shape index (κ3) is 1.42. The number of hydrogen-bond donors (Lipinski definition) is 0. The Labute approximate surface area is 81.0 Å². The molecular weight excluding hydrogens is 186 g/mol. The number of rotatable bonds is 1. The highest BCUT2D eigenvalue weighted by Gasteiger charge is 2.05. The quantitative estimate of drug-likeness (QED) is 0.692. The lowest BCUT2D eigenvalue weighted by Gasteiger charge is -2.03. The lowest BCUT2D eigenvalue weighted by molar-refractivity contribution is 0.817. The molecule has 0 unspecified atom stereocenters. The average Bonchev–Trinajstić information content (AvgIpc) is 2.52. The standard InChI is InChI=1S/C9H7ClN3/c1-7-4-6-12-13(7)9-8(10)3-2-5-11-9/h2-3,5-6H,1H3. The lowest BCUT2D eigenvalue weighted by atomic mass is 10.4. The number of halogens is 1. The minimum Gasteiger partial charge on any atom is -0.236 e. The van der Waals surface area contributed by atoms with Gasteiger partial charge in [0.2, 0.25) is 0 Å². The zero-order valence-corrected chi connectivity index (χ0v) is 7.78. The van der Waals surface area contributed by atoms with Gasteiger partial charge in [-0.1, -0.05) is 11.6 Å². The van der Waals surface area contributed by atoms with Crippen LogP contribution in [0.5, 0.6) is 0 Å². The maximum Gasteiger partial charge on any atom is 0.172 e. The van der Waals surface area contributed by atoms with Crippen LogP contribution in [0.15, 0.2) is 24.5 Å². The van der Waals surface area contributed by atoms with Crippen LogP contribution in [0.2, 0.25) is 5.02 Å². The summed E-state index contributed by atoms with van der Waals surface area (Å²) in [5.41, 5.74) is 0.889. The van der Waals surface area contributed by atoms with Crippen LogP contribution in [0.25, 0.3) is 5.82 Å². The van der Waals surface area contributed by atoms with E-state index in [-0.39, 0.29) is 0 Å². The van der Waals surface area contributed by atoms with E-state index in [0.717, 1.165) is 5.69 Å². The topological polar surface area (TPSA) is 30.7 Å². The van der Waals surface area contributed by atoms with E-state index in [0.29, 0.717) is 10.8 Å². The molecule has 0 aromatic carbocycles. The second-order valence-corrected chi connectivity index (χ2v) is 3.00. The number of aromatic nitrogens is 3.